The maximum atomic E-state index is 12.0. The maximum Gasteiger partial charge on any atom is 0.422 e. The Morgan fingerprint density at radius 2 is 2.15 bits per heavy atom. The number of nitrogens with two attached hydrogens (primary N) is 1. The molecule has 0 aliphatic heterocycles. The van der Waals surface area contributed by atoms with Gasteiger partial charge in [-0.25, -0.2) is 4.98 Å². The lowest BCUT2D eigenvalue weighted by molar-refractivity contribution is -0.154. The molecule has 1 unspecified atom stereocenters. The van der Waals surface area contributed by atoms with E-state index in [1.165, 1.54) is 23.2 Å². The van der Waals surface area contributed by atoms with Gasteiger partial charge in [-0.1, -0.05) is 0 Å². The number of aromatic nitrogens is 1. The first-order chi connectivity index (χ1) is 9.24. The van der Waals surface area contributed by atoms with Crippen LogP contribution in [-0.2, 0) is 0 Å². The number of nitrogens with zero attached hydrogens (tertiary/aromatic N) is 2. The Balaban J connectivity index is 2.69. The van der Waals surface area contributed by atoms with Crippen LogP contribution >= 0.6 is 0 Å². The minimum Gasteiger partial charge on any atom is -0.468 e. The molecule has 0 spiro atoms. The molecular weight excluding hydrogens is 275 g/mol. The molecule has 8 heteroatoms. The van der Waals surface area contributed by atoms with Crippen LogP contribution in [0.5, 0.6) is 5.88 Å². The van der Waals surface area contributed by atoms with Gasteiger partial charge in [0.05, 0.1) is 5.56 Å². The van der Waals surface area contributed by atoms with Gasteiger partial charge in [-0.05, 0) is 13.0 Å². The SMILES string of the molecule is CC(CN)N(C)C(=O)c1ccc(OCC(F)(F)F)nc1. The molecule has 1 amide bonds. The summed E-state index contributed by atoms with van der Waals surface area (Å²) in [4.78, 5) is 17.1. The molecule has 0 saturated carbocycles. The van der Waals surface area contributed by atoms with Crippen LogP contribution < -0.4 is 10.5 Å². The molecule has 5 nitrogen and oxygen atoms in total. The van der Waals surface area contributed by atoms with E-state index in [0.29, 0.717) is 6.54 Å². The highest BCUT2D eigenvalue weighted by Crippen LogP contribution is 2.17. The van der Waals surface area contributed by atoms with E-state index in [2.05, 4.69) is 9.72 Å². The van der Waals surface area contributed by atoms with Crippen molar-refractivity contribution in [1.82, 2.24) is 9.88 Å². The molecule has 20 heavy (non-hydrogen) atoms. The lowest BCUT2D eigenvalue weighted by atomic mass is 10.2. The van der Waals surface area contributed by atoms with Crippen LogP contribution in [0.3, 0.4) is 0 Å². The lowest BCUT2D eigenvalue weighted by Gasteiger charge is -2.23. The molecule has 1 heterocycles. The van der Waals surface area contributed by atoms with Crippen molar-refractivity contribution in [3.05, 3.63) is 23.9 Å². The van der Waals surface area contributed by atoms with E-state index in [9.17, 15) is 18.0 Å². The van der Waals surface area contributed by atoms with Crippen molar-refractivity contribution in [2.24, 2.45) is 5.73 Å². The van der Waals surface area contributed by atoms with Gasteiger partial charge >= 0.3 is 6.18 Å². The molecular formula is C12H16F3N3O2. The number of amides is 1. The summed E-state index contributed by atoms with van der Waals surface area (Å²) in [6, 6.07) is 2.43. The van der Waals surface area contributed by atoms with Crippen LogP contribution in [0.2, 0.25) is 0 Å². The summed E-state index contributed by atoms with van der Waals surface area (Å²) in [5, 5.41) is 0. The van der Waals surface area contributed by atoms with Gasteiger partial charge in [0.1, 0.15) is 0 Å². The summed E-state index contributed by atoms with van der Waals surface area (Å²) in [6.45, 7) is 0.673. The van der Waals surface area contributed by atoms with Crippen molar-refractivity contribution in [3.8, 4) is 5.88 Å². The third kappa shape index (κ3) is 4.69. The standard InChI is InChI=1S/C12H16F3N3O2/c1-8(5-16)18(2)11(19)9-3-4-10(17-6-9)20-7-12(13,14)15/h3-4,6,8H,5,7,16H2,1-2H3. The Morgan fingerprint density at radius 3 is 2.60 bits per heavy atom. The second-order valence-electron chi connectivity index (χ2n) is 4.29. The zero-order chi connectivity index (χ0) is 15.3. The molecule has 1 rings (SSSR count). The number of rotatable bonds is 5. The van der Waals surface area contributed by atoms with Crippen molar-refractivity contribution < 1.29 is 22.7 Å². The Labute approximate surface area is 114 Å². The van der Waals surface area contributed by atoms with E-state index < -0.39 is 12.8 Å². The van der Waals surface area contributed by atoms with Crippen LogP contribution in [0.15, 0.2) is 18.3 Å². The zero-order valence-corrected chi connectivity index (χ0v) is 11.1. The third-order valence-corrected chi connectivity index (χ3v) is 2.69. The molecule has 1 atom stereocenters. The number of alkyl halides is 3. The molecule has 2 N–H and O–H groups in total. The van der Waals surface area contributed by atoms with Crippen LogP contribution in [0, 0.1) is 0 Å². The van der Waals surface area contributed by atoms with Crippen molar-refractivity contribution in [2.45, 2.75) is 19.1 Å². The van der Waals surface area contributed by atoms with Crippen LogP contribution in [0.4, 0.5) is 13.2 Å². The Bertz CT molecular complexity index is 448. The summed E-state index contributed by atoms with van der Waals surface area (Å²) in [7, 11) is 1.59. The fraction of sp³-hybridized carbons (Fsp3) is 0.500. The first kappa shape index (κ1) is 16.2. The molecule has 0 aliphatic rings. The predicted molar refractivity (Wildman–Crippen MR) is 66.4 cm³/mol. The summed E-state index contributed by atoms with van der Waals surface area (Å²) >= 11 is 0. The molecule has 0 fully saturated rings. The monoisotopic (exact) mass is 291 g/mol. The fourth-order valence-electron chi connectivity index (χ4n) is 1.31. The van der Waals surface area contributed by atoms with E-state index in [1.807, 2.05) is 0 Å². The predicted octanol–water partition coefficient (Wildman–Crippen LogP) is 1.44. The van der Waals surface area contributed by atoms with Crippen molar-refractivity contribution >= 4 is 5.91 Å². The van der Waals surface area contributed by atoms with Gasteiger partial charge in [0.25, 0.3) is 5.91 Å². The number of hydrogen-bond donors (Lipinski definition) is 1. The Hall–Kier alpha value is -1.83. The number of carbonyl (C=O) groups excluding carboxylic acids is 1. The van der Waals surface area contributed by atoms with Crippen molar-refractivity contribution in [1.29, 1.82) is 0 Å². The van der Waals surface area contributed by atoms with Gasteiger partial charge in [0.2, 0.25) is 5.88 Å². The molecule has 0 saturated heterocycles. The fourth-order valence-corrected chi connectivity index (χ4v) is 1.31. The summed E-state index contributed by atoms with van der Waals surface area (Å²) in [5.74, 6) is -0.494. The second kappa shape index (κ2) is 6.56. The van der Waals surface area contributed by atoms with Crippen LogP contribution in [-0.4, -0.2) is 48.2 Å². The maximum absolute atomic E-state index is 12.0. The van der Waals surface area contributed by atoms with E-state index in [4.69, 9.17) is 5.73 Å². The molecule has 0 aliphatic carbocycles. The smallest absolute Gasteiger partial charge is 0.422 e. The minimum absolute atomic E-state index is 0.149. The number of carbonyl (C=O) groups is 1. The Kier molecular flexibility index (Phi) is 5.32. The third-order valence-electron chi connectivity index (χ3n) is 2.69. The largest absolute Gasteiger partial charge is 0.468 e. The highest BCUT2D eigenvalue weighted by atomic mass is 19.4. The van der Waals surface area contributed by atoms with Gasteiger partial charge < -0.3 is 15.4 Å². The highest BCUT2D eigenvalue weighted by molar-refractivity contribution is 5.94. The van der Waals surface area contributed by atoms with Gasteiger partial charge in [-0.15, -0.1) is 0 Å². The average Bonchev–Trinajstić information content (AvgIpc) is 2.42. The van der Waals surface area contributed by atoms with Gasteiger partial charge in [0.15, 0.2) is 6.61 Å². The molecule has 112 valence electrons. The van der Waals surface area contributed by atoms with E-state index in [1.54, 1.807) is 14.0 Å². The first-order valence-corrected chi connectivity index (χ1v) is 5.87. The molecule has 1 aromatic rings. The van der Waals surface area contributed by atoms with Crippen molar-refractivity contribution in [3.63, 3.8) is 0 Å². The minimum atomic E-state index is -4.42. The number of hydrogen-bond acceptors (Lipinski definition) is 4. The number of likely N-dealkylation sites (N-methyl/N-ethyl adjacent to an activating group) is 1. The van der Waals surface area contributed by atoms with Crippen LogP contribution in [0.25, 0.3) is 0 Å². The lowest BCUT2D eigenvalue weighted by Crippen LogP contribution is -2.39. The quantitative estimate of drug-likeness (QED) is 0.891. The number of pyridine rings is 1. The second-order valence-corrected chi connectivity index (χ2v) is 4.29. The molecule has 0 aromatic carbocycles. The molecule has 0 bridgehead atoms. The van der Waals surface area contributed by atoms with Gasteiger partial charge in [0, 0.05) is 31.9 Å². The number of halogens is 3. The Morgan fingerprint density at radius 1 is 1.50 bits per heavy atom. The first-order valence-electron chi connectivity index (χ1n) is 5.87. The van der Waals surface area contributed by atoms with E-state index in [-0.39, 0.29) is 23.4 Å². The summed E-state index contributed by atoms with van der Waals surface area (Å²) in [5.41, 5.74) is 5.71. The van der Waals surface area contributed by atoms with Gasteiger partial charge in [-0.2, -0.15) is 13.2 Å². The van der Waals surface area contributed by atoms with E-state index >= 15 is 0 Å². The summed E-state index contributed by atoms with van der Waals surface area (Å²) < 4.78 is 40.3. The topological polar surface area (TPSA) is 68.5 Å². The molecule has 0 radical (unpaired) electrons. The average molecular weight is 291 g/mol. The van der Waals surface area contributed by atoms with Gasteiger partial charge in [-0.3, -0.25) is 4.79 Å². The van der Waals surface area contributed by atoms with E-state index in [0.717, 1.165) is 0 Å². The van der Waals surface area contributed by atoms with Crippen LogP contribution in [0.1, 0.15) is 17.3 Å². The van der Waals surface area contributed by atoms with Crippen molar-refractivity contribution in [2.75, 3.05) is 20.2 Å². The summed E-state index contributed by atoms with van der Waals surface area (Å²) in [6.07, 6.45) is -3.25. The normalized spacial score (nSPS) is 12.9. The number of ether oxygens (including phenoxy) is 1. The molecule has 1 aromatic heterocycles. The highest BCUT2D eigenvalue weighted by Gasteiger charge is 2.28. The zero-order valence-electron chi connectivity index (χ0n) is 11.1.